The number of carbonyl (C=O) groups excluding carboxylic acids is 1. The average Bonchev–Trinajstić information content (AvgIpc) is 2.38. The highest BCUT2D eigenvalue weighted by Gasteiger charge is 2.20. The molecule has 4 heteroatoms. The fraction of sp³-hybridized carbons (Fsp3) is 0.214. The molecule has 2 aromatic rings. The van der Waals surface area contributed by atoms with Crippen molar-refractivity contribution in [3.63, 3.8) is 0 Å². The molecule has 18 heavy (non-hydrogen) atoms. The highest BCUT2D eigenvalue weighted by molar-refractivity contribution is 6.36. The Balaban J connectivity index is 2.55. The maximum atomic E-state index is 12.2. The summed E-state index contributed by atoms with van der Waals surface area (Å²) in [5, 5.41) is 2.15. The van der Waals surface area contributed by atoms with Gasteiger partial charge in [-0.3, -0.25) is 10.5 Å². The van der Waals surface area contributed by atoms with Crippen molar-refractivity contribution < 1.29 is 9.53 Å². The Kier molecular flexibility index (Phi) is 3.97. The van der Waals surface area contributed by atoms with Gasteiger partial charge in [-0.2, -0.15) is 0 Å². The minimum Gasteiger partial charge on any atom is -0.356 e. The lowest BCUT2D eigenvalue weighted by Gasteiger charge is -2.13. The molecule has 94 valence electrons. The second kappa shape index (κ2) is 5.48. The summed E-state index contributed by atoms with van der Waals surface area (Å²) < 4.78 is 5.13. The molecule has 0 aliphatic heterocycles. The monoisotopic (exact) mass is 263 g/mol. The van der Waals surface area contributed by atoms with E-state index in [0.29, 0.717) is 17.2 Å². The van der Waals surface area contributed by atoms with Crippen LogP contribution < -0.4 is 5.73 Å². The number of fused-ring (bicyclic) bond motifs is 1. The number of rotatable bonds is 4. The van der Waals surface area contributed by atoms with Crippen LogP contribution in [0.1, 0.15) is 17.3 Å². The van der Waals surface area contributed by atoms with E-state index in [1.165, 1.54) is 0 Å². The highest BCUT2D eigenvalue weighted by atomic mass is 35.5. The lowest BCUT2D eigenvalue weighted by Crippen LogP contribution is -2.33. The van der Waals surface area contributed by atoms with Gasteiger partial charge in [-0.1, -0.05) is 41.9 Å². The van der Waals surface area contributed by atoms with E-state index in [9.17, 15) is 4.79 Å². The van der Waals surface area contributed by atoms with Gasteiger partial charge in [0.2, 0.25) is 5.78 Å². The van der Waals surface area contributed by atoms with E-state index in [0.717, 1.165) is 10.8 Å². The Labute approximate surface area is 110 Å². The summed E-state index contributed by atoms with van der Waals surface area (Å²) in [6, 6.07) is 11.1. The van der Waals surface area contributed by atoms with Crippen molar-refractivity contribution in [2.45, 2.75) is 13.2 Å². The predicted octanol–water partition coefficient (Wildman–Crippen LogP) is 3.00. The quantitative estimate of drug-likeness (QED) is 0.681. The summed E-state index contributed by atoms with van der Waals surface area (Å²) >= 11 is 6.11. The Hall–Kier alpha value is -1.42. The van der Waals surface area contributed by atoms with Gasteiger partial charge in [-0.05, 0) is 23.8 Å². The Morgan fingerprint density at radius 2 is 2.06 bits per heavy atom. The number of nitrogens with two attached hydrogens (primary N) is 1. The minimum absolute atomic E-state index is 0.293. The van der Waals surface area contributed by atoms with Gasteiger partial charge in [0, 0.05) is 12.2 Å². The second-order valence-corrected chi connectivity index (χ2v) is 4.29. The van der Waals surface area contributed by atoms with Crippen molar-refractivity contribution in [1.82, 2.24) is 0 Å². The van der Waals surface area contributed by atoms with E-state index < -0.39 is 6.23 Å². The maximum Gasteiger partial charge on any atom is 0.208 e. The van der Waals surface area contributed by atoms with Gasteiger partial charge >= 0.3 is 0 Å². The summed E-state index contributed by atoms with van der Waals surface area (Å²) in [5.41, 5.74) is 6.12. The van der Waals surface area contributed by atoms with Gasteiger partial charge in [0.1, 0.15) is 0 Å². The van der Waals surface area contributed by atoms with Gasteiger partial charge in [0.15, 0.2) is 6.23 Å². The van der Waals surface area contributed by atoms with Gasteiger partial charge in [-0.25, -0.2) is 0 Å². The molecule has 0 aliphatic rings. The molecule has 0 aliphatic carbocycles. The molecule has 0 saturated carbocycles. The first-order chi connectivity index (χ1) is 8.65. The first-order valence-corrected chi connectivity index (χ1v) is 6.11. The Bertz CT molecular complexity index is 583. The van der Waals surface area contributed by atoms with Gasteiger partial charge in [-0.15, -0.1) is 0 Å². The van der Waals surface area contributed by atoms with Gasteiger partial charge in [0.25, 0.3) is 0 Å². The summed E-state index contributed by atoms with van der Waals surface area (Å²) in [6.45, 7) is 2.17. The number of hydrogen-bond donors (Lipinski definition) is 1. The number of Topliss-reactive ketones (excluding diaryl/α,β-unsaturated/α-hetero) is 1. The van der Waals surface area contributed by atoms with Gasteiger partial charge in [0.05, 0.1) is 5.02 Å². The van der Waals surface area contributed by atoms with Crippen LogP contribution >= 0.6 is 11.6 Å². The van der Waals surface area contributed by atoms with E-state index in [-0.39, 0.29) is 5.78 Å². The van der Waals surface area contributed by atoms with Crippen molar-refractivity contribution in [2.24, 2.45) is 5.73 Å². The number of ether oxygens (including phenoxy) is 1. The van der Waals surface area contributed by atoms with Crippen molar-refractivity contribution in [2.75, 3.05) is 6.61 Å². The van der Waals surface area contributed by atoms with Crippen molar-refractivity contribution >= 4 is 28.2 Å². The largest absolute Gasteiger partial charge is 0.356 e. The summed E-state index contributed by atoms with van der Waals surface area (Å²) in [5.74, 6) is -0.293. The molecule has 0 saturated heterocycles. The van der Waals surface area contributed by atoms with E-state index in [2.05, 4.69) is 0 Å². The number of carbonyl (C=O) groups is 1. The van der Waals surface area contributed by atoms with E-state index in [4.69, 9.17) is 22.1 Å². The summed E-state index contributed by atoms with van der Waals surface area (Å²) in [6.07, 6.45) is -0.974. The molecule has 0 amide bonds. The molecule has 0 bridgehead atoms. The zero-order valence-electron chi connectivity index (χ0n) is 10.0. The van der Waals surface area contributed by atoms with E-state index in [1.54, 1.807) is 13.0 Å². The molecule has 1 atom stereocenters. The van der Waals surface area contributed by atoms with E-state index in [1.807, 2.05) is 30.3 Å². The zero-order valence-corrected chi connectivity index (χ0v) is 10.8. The SMILES string of the molecule is CCOC(N)C(=O)c1c(Cl)ccc2ccccc12. The van der Waals surface area contributed by atoms with Crippen LogP contribution in [0.4, 0.5) is 0 Å². The van der Waals surface area contributed by atoms with Crippen LogP contribution in [-0.4, -0.2) is 18.6 Å². The molecule has 2 rings (SSSR count). The van der Waals surface area contributed by atoms with Crippen LogP contribution in [-0.2, 0) is 4.74 Å². The molecule has 0 heterocycles. The molecular weight excluding hydrogens is 250 g/mol. The molecule has 0 spiro atoms. The number of halogens is 1. The molecular formula is C14H14ClNO2. The van der Waals surface area contributed by atoms with Crippen LogP contribution in [0, 0.1) is 0 Å². The zero-order chi connectivity index (χ0) is 13.1. The molecule has 2 N–H and O–H groups in total. The fourth-order valence-corrected chi connectivity index (χ4v) is 2.15. The van der Waals surface area contributed by atoms with Crippen molar-refractivity contribution in [3.8, 4) is 0 Å². The van der Waals surface area contributed by atoms with Crippen LogP contribution in [0.3, 0.4) is 0 Å². The van der Waals surface area contributed by atoms with Crippen LogP contribution in [0.5, 0.6) is 0 Å². The average molecular weight is 264 g/mol. The van der Waals surface area contributed by atoms with Crippen molar-refractivity contribution in [1.29, 1.82) is 0 Å². The smallest absolute Gasteiger partial charge is 0.208 e. The standard InChI is InChI=1S/C14H14ClNO2/c1-2-18-14(16)13(17)12-10-6-4-3-5-9(10)7-8-11(12)15/h3-8,14H,2,16H2,1H3. The lowest BCUT2D eigenvalue weighted by atomic mass is 10.0. The van der Waals surface area contributed by atoms with Crippen LogP contribution in [0.15, 0.2) is 36.4 Å². The summed E-state index contributed by atoms with van der Waals surface area (Å²) in [4.78, 5) is 12.2. The predicted molar refractivity (Wildman–Crippen MR) is 72.9 cm³/mol. The number of benzene rings is 2. The molecule has 0 radical (unpaired) electrons. The van der Waals surface area contributed by atoms with Gasteiger partial charge < -0.3 is 4.74 Å². The van der Waals surface area contributed by atoms with Crippen LogP contribution in [0.2, 0.25) is 5.02 Å². The van der Waals surface area contributed by atoms with Crippen LogP contribution in [0.25, 0.3) is 10.8 Å². The summed E-state index contributed by atoms with van der Waals surface area (Å²) in [7, 11) is 0. The first kappa shape index (κ1) is 13.0. The molecule has 0 aromatic heterocycles. The normalized spacial score (nSPS) is 12.6. The third-order valence-corrected chi connectivity index (χ3v) is 3.04. The molecule has 0 fully saturated rings. The third-order valence-electron chi connectivity index (χ3n) is 2.73. The number of ketones is 1. The third kappa shape index (κ3) is 2.38. The van der Waals surface area contributed by atoms with E-state index >= 15 is 0 Å². The minimum atomic E-state index is -0.974. The first-order valence-electron chi connectivity index (χ1n) is 5.73. The molecule has 1 unspecified atom stereocenters. The maximum absolute atomic E-state index is 12.2. The molecule has 3 nitrogen and oxygen atoms in total. The molecule has 2 aromatic carbocycles. The Morgan fingerprint density at radius 1 is 1.33 bits per heavy atom. The second-order valence-electron chi connectivity index (χ2n) is 3.88. The fourth-order valence-electron chi connectivity index (χ4n) is 1.89. The highest BCUT2D eigenvalue weighted by Crippen LogP contribution is 2.27. The number of hydrogen-bond acceptors (Lipinski definition) is 3. The Morgan fingerprint density at radius 3 is 2.78 bits per heavy atom. The lowest BCUT2D eigenvalue weighted by molar-refractivity contribution is 0.0481. The van der Waals surface area contributed by atoms with Crippen molar-refractivity contribution in [3.05, 3.63) is 47.0 Å². The topological polar surface area (TPSA) is 52.3 Å².